The van der Waals surface area contributed by atoms with Gasteiger partial charge in [-0.15, -0.1) is 0 Å². The normalized spacial score (nSPS) is 12.7. The third-order valence-electron chi connectivity index (χ3n) is 5.68. The molecule has 1 aliphatic heterocycles. The molecule has 0 radical (unpaired) electrons. The van der Waals surface area contributed by atoms with Crippen molar-refractivity contribution in [2.75, 3.05) is 19.5 Å². The molecule has 0 fully saturated rings. The first-order valence-electron chi connectivity index (χ1n) is 10.6. The average molecular weight is 453 g/mol. The Morgan fingerprint density at radius 1 is 1.12 bits per heavy atom. The van der Waals surface area contributed by atoms with Crippen LogP contribution in [0.5, 0.6) is 11.5 Å². The molecule has 0 aliphatic carbocycles. The number of nitrogens with one attached hydrogen (secondary N) is 1. The summed E-state index contributed by atoms with van der Waals surface area (Å²) in [5.41, 5.74) is 10.1. The van der Waals surface area contributed by atoms with Gasteiger partial charge in [0, 0.05) is 28.8 Å². The number of primary amides is 1. The fourth-order valence-corrected chi connectivity index (χ4v) is 3.87. The van der Waals surface area contributed by atoms with E-state index in [-0.39, 0.29) is 12.5 Å². The molecule has 174 valence electrons. The highest BCUT2D eigenvalue weighted by molar-refractivity contribution is 5.98. The maximum absolute atomic E-state index is 12.3. The summed E-state index contributed by atoms with van der Waals surface area (Å²) in [5, 5.41) is 2.80. The predicted octanol–water partition coefficient (Wildman–Crippen LogP) is 3.69. The van der Waals surface area contributed by atoms with Gasteiger partial charge in [0.05, 0.1) is 14.2 Å². The van der Waals surface area contributed by atoms with Crippen LogP contribution in [0.15, 0.2) is 35.9 Å². The number of allylic oxidation sites excluding steroid dienone is 2. The van der Waals surface area contributed by atoms with Crippen LogP contribution in [0.1, 0.15) is 57.2 Å². The first-order valence-corrected chi connectivity index (χ1v) is 10.6. The molecule has 3 rings (SSSR count). The quantitative estimate of drug-likeness (QED) is 0.443. The first-order chi connectivity index (χ1) is 15.8. The van der Waals surface area contributed by atoms with Crippen molar-refractivity contribution in [3.8, 4) is 11.5 Å². The lowest BCUT2D eigenvalue weighted by Gasteiger charge is -2.18. The van der Waals surface area contributed by atoms with Crippen molar-refractivity contribution in [1.29, 1.82) is 0 Å². The Balaban J connectivity index is 1.68. The molecule has 2 aromatic rings. The zero-order valence-corrected chi connectivity index (χ0v) is 19.2. The molecule has 0 unspecified atom stereocenters. The van der Waals surface area contributed by atoms with Crippen LogP contribution < -0.4 is 20.5 Å². The topological polar surface area (TPSA) is 117 Å². The van der Waals surface area contributed by atoms with Crippen molar-refractivity contribution in [3.63, 3.8) is 0 Å². The number of benzene rings is 2. The van der Waals surface area contributed by atoms with Crippen molar-refractivity contribution < 1.29 is 28.6 Å². The molecule has 1 heterocycles. The number of esters is 1. The predicted molar refractivity (Wildman–Crippen MR) is 124 cm³/mol. The standard InChI is InChI=1S/C25H28N2O6/c1-14(6-12-20(28)27-17-9-7-16(8-10-17)24(26)29)5-11-18-22(31-3)15(2)19-13-33-25(30)21(19)23(18)32-4/h5,7-10H,6,11-13H2,1-4H3,(H2,26,29)(H,27,28). The van der Waals surface area contributed by atoms with Gasteiger partial charge in [0.25, 0.3) is 0 Å². The zero-order valence-electron chi connectivity index (χ0n) is 19.2. The van der Waals surface area contributed by atoms with Crippen LogP contribution in [0, 0.1) is 6.92 Å². The maximum atomic E-state index is 12.3. The van der Waals surface area contributed by atoms with Gasteiger partial charge in [0.2, 0.25) is 11.8 Å². The fraction of sp³-hybridized carbons (Fsp3) is 0.320. The number of carbonyl (C=O) groups is 3. The Morgan fingerprint density at radius 2 is 1.79 bits per heavy atom. The molecule has 3 N–H and O–H groups in total. The highest BCUT2D eigenvalue weighted by Crippen LogP contribution is 2.42. The summed E-state index contributed by atoms with van der Waals surface area (Å²) >= 11 is 0. The number of amides is 2. The van der Waals surface area contributed by atoms with E-state index < -0.39 is 11.9 Å². The van der Waals surface area contributed by atoms with E-state index in [1.54, 1.807) is 31.4 Å². The van der Waals surface area contributed by atoms with Gasteiger partial charge < -0.3 is 25.3 Å². The molecular formula is C25H28N2O6. The number of methoxy groups -OCH3 is 2. The van der Waals surface area contributed by atoms with E-state index in [4.69, 9.17) is 19.9 Å². The van der Waals surface area contributed by atoms with E-state index in [2.05, 4.69) is 5.32 Å². The zero-order chi connectivity index (χ0) is 24.1. The Bertz CT molecular complexity index is 1120. The van der Waals surface area contributed by atoms with E-state index >= 15 is 0 Å². The van der Waals surface area contributed by atoms with Crippen LogP contribution in [0.25, 0.3) is 0 Å². The van der Waals surface area contributed by atoms with Gasteiger partial charge in [0.15, 0.2) is 0 Å². The molecule has 0 bridgehead atoms. The van der Waals surface area contributed by atoms with Gasteiger partial charge in [-0.2, -0.15) is 0 Å². The molecule has 8 nitrogen and oxygen atoms in total. The molecule has 0 aromatic heterocycles. The first kappa shape index (κ1) is 23.8. The second-order valence-corrected chi connectivity index (χ2v) is 7.84. The summed E-state index contributed by atoms with van der Waals surface area (Å²) < 4.78 is 16.4. The third-order valence-corrected chi connectivity index (χ3v) is 5.68. The van der Waals surface area contributed by atoms with Crippen molar-refractivity contribution in [3.05, 3.63) is 63.7 Å². The Kier molecular flexibility index (Phi) is 7.37. The minimum absolute atomic E-state index is 0.138. The van der Waals surface area contributed by atoms with Crippen molar-refractivity contribution in [2.24, 2.45) is 5.73 Å². The summed E-state index contributed by atoms with van der Waals surface area (Å²) in [6.07, 6.45) is 3.34. The van der Waals surface area contributed by atoms with Crippen LogP contribution in [-0.2, 0) is 22.6 Å². The van der Waals surface area contributed by atoms with Crippen LogP contribution in [0.4, 0.5) is 5.69 Å². The van der Waals surface area contributed by atoms with E-state index in [0.29, 0.717) is 47.6 Å². The van der Waals surface area contributed by atoms with E-state index in [9.17, 15) is 14.4 Å². The lowest BCUT2D eigenvalue weighted by molar-refractivity contribution is -0.116. The number of carbonyl (C=O) groups excluding carboxylic acids is 3. The van der Waals surface area contributed by atoms with Gasteiger partial charge in [-0.1, -0.05) is 11.6 Å². The number of ether oxygens (including phenoxy) is 3. The summed E-state index contributed by atoms with van der Waals surface area (Å²) in [5.74, 6) is 0.0922. The number of hydrogen-bond donors (Lipinski definition) is 2. The van der Waals surface area contributed by atoms with E-state index in [1.807, 2.05) is 19.9 Å². The number of hydrogen-bond acceptors (Lipinski definition) is 6. The molecule has 2 amide bonds. The third kappa shape index (κ3) is 5.16. The van der Waals surface area contributed by atoms with Crippen molar-refractivity contribution >= 4 is 23.5 Å². The molecule has 8 heteroatoms. The summed E-state index contributed by atoms with van der Waals surface area (Å²) in [7, 11) is 3.11. The molecule has 33 heavy (non-hydrogen) atoms. The molecular weight excluding hydrogens is 424 g/mol. The number of nitrogens with two attached hydrogens (primary N) is 1. The second-order valence-electron chi connectivity index (χ2n) is 7.84. The minimum Gasteiger partial charge on any atom is -0.496 e. The van der Waals surface area contributed by atoms with Crippen LogP contribution in [-0.4, -0.2) is 32.0 Å². The molecule has 2 aromatic carbocycles. The summed E-state index contributed by atoms with van der Waals surface area (Å²) in [4.78, 5) is 35.7. The van der Waals surface area contributed by atoms with Gasteiger partial charge in [0.1, 0.15) is 23.7 Å². The van der Waals surface area contributed by atoms with Gasteiger partial charge in [-0.3, -0.25) is 9.59 Å². The molecule has 0 atom stereocenters. The lowest BCUT2D eigenvalue weighted by Crippen LogP contribution is -2.13. The SMILES string of the molecule is COc1c(C)c2c(c(OC)c1CC=C(C)CCC(=O)Nc1ccc(C(N)=O)cc1)C(=O)OC2. The number of anilines is 1. The number of cyclic esters (lactones) is 1. The Hall–Kier alpha value is -3.81. The van der Waals surface area contributed by atoms with Crippen LogP contribution in [0.3, 0.4) is 0 Å². The second kappa shape index (κ2) is 10.2. The van der Waals surface area contributed by atoms with Gasteiger partial charge >= 0.3 is 5.97 Å². The molecule has 0 spiro atoms. The fourth-order valence-electron chi connectivity index (χ4n) is 3.87. The smallest absolute Gasteiger partial charge is 0.342 e. The van der Waals surface area contributed by atoms with E-state index in [1.165, 1.54) is 7.11 Å². The highest BCUT2D eigenvalue weighted by Gasteiger charge is 2.32. The Labute approximate surface area is 192 Å². The van der Waals surface area contributed by atoms with Gasteiger partial charge in [-0.25, -0.2) is 4.79 Å². The largest absolute Gasteiger partial charge is 0.496 e. The van der Waals surface area contributed by atoms with Crippen molar-refractivity contribution in [2.45, 2.75) is 39.7 Å². The Morgan fingerprint density at radius 3 is 2.39 bits per heavy atom. The van der Waals surface area contributed by atoms with Crippen LogP contribution >= 0.6 is 0 Å². The van der Waals surface area contributed by atoms with Crippen molar-refractivity contribution in [1.82, 2.24) is 0 Å². The molecule has 1 aliphatic rings. The molecule has 0 saturated carbocycles. The molecule has 0 saturated heterocycles. The average Bonchev–Trinajstić information content (AvgIpc) is 3.18. The number of fused-ring (bicyclic) bond motifs is 1. The minimum atomic E-state index is -0.516. The maximum Gasteiger partial charge on any atom is 0.342 e. The number of rotatable bonds is 9. The lowest BCUT2D eigenvalue weighted by atomic mass is 9.94. The summed E-state index contributed by atoms with van der Waals surface area (Å²) in [6, 6.07) is 6.41. The highest BCUT2D eigenvalue weighted by atomic mass is 16.5. The monoisotopic (exact) mass is 452 g/mol. The summed E-state index contributed by atoms with van der Waals surface area (Å²) in [6.45, 7) is 4.06. The van der Waals surface area contributed by atoms with E-state index in [0.717, 1.165) is 22.3 Å². The van der Waals surface area contributed by atoms with Gasteiger partial charge in [-0.05, 0) is 56.5 Å². The van der Waals surface area contributed by atoms with Crippen LogP contribution in [0.2, 0.25) is 0 Å².